The number of nitrogens with zero attached hydrogens (tertiary/aromatic N) is 3. The summed E-state index contributed by atoms with van der Waals surface area (Å²) in [6, 6.07) is 0.740. The number of likely N-dealkylation sites (tertiary alicyclic amines) is 1. The molecule has 0 spiro atoms. The second-order valence-electron chi connectivity index (χ2n) is 5.30. The van der Waals surface area contributed by atoms with Gasteiger partial charge < -0.3 is 10.2 Å². The van der Waals surface area contributed by atoms with Gasteiger partial charge in [0.1, 0.15) is 17.3 Å². The number of hydrogen-bond acceptors (Lipinski definition) is 4. The maximum absolute atomic E-state index is 5.97. The van der Waals surface area contributed by atoms with E-state index in [-0.39, 0.29) is 0 Å². The topological polar surface area (TPSA) is 41.1 Å². The van der Waals surface area contributed by atoms with Crippen molar-refractivity contribution >= 4 is 17.4 Å². The van der Waals surface area contributed by atoms with E-state index in [1.165, 1.54) is 32.1 Å². The molecule has 1 unspecified atom stereocenters. The van der Waals surface area contributed by atoms with Crippen LogP contribution < -0.4 is 5.32 Å². The molecule has 0 bridgehead atoms. The van der Waals surface area contributed by atoms with E-state index >= 15 is 0 Å². The van der Waals surface area contributed by atoms with E-state index < -0.39 is 0 Å². The number of hydrogen-bond donors (Lipinski definition) is 1. The van der Waals surface area contributed by atoms with Crippen molar-refractivity contribution in [3.8, 4) is 0 Å². The van der Waals surface area contributed by atoms with Gasteiger partial charge in [0.05, 0.1) is 0 Å². The molecule has 2 rings (SSSR count). The number of rotatable bonds is 5. The third-order valence-electron chi connectivity index (χ3n) is 3.88. The fourth-order valence-corrected chi connectivity index (χ4v) is 2.72. The van der Waals surface area contributed by atoms with Gasteiger partial charge in [-0.15, -0.1) is 0 Å². The van der Waals surface area contributed by atoms with Crippen molar-refractivity contribution in [1.29, 1.82) is 0 Å². The van der Waals surface area contributed by atoms with Crippen molar-refractivity contribution in [1.82, 2.24) is 14.9 Å². The van der Waals surface area contributed by atoms with Gasteiger partial charge in [-0.2, -0.15) is 0 Å². The quantitative estimate of drug-likeness (QED) is 0.665. The molecule has 5 heteroatoms. The Balaban J connectivity index is 1.73. The van der Waals surface area contributed by atoms with Gasteiger partial charge in [-0.25, -0.2) is 9.97 Å². The third kappa shape index (κ3) is 4.05. The normalized spacial score (nSPS) is 20.5. The smallest absolute Gasteiger partial charge is 0.137 e. The lowest BCUT2D eigenvalue weighted by atomic mass is 10.0. The third-order valence-corrected chi connectivity index (χ3v) is 4.26. The van der Waals surface area contributed by atoms with E-state index in [0.717, 1.165) is 36.9 Å². The molecule has 0 saturated carbocycles. The summed E-state index contributed by atoms with van der Waals surface area (Å²) < 4.78 is 0. The Labute approximate surface area is 120 Å². The molecule has 4 nitrogen and oxygen atoms in total. The van der Waals surface area contributed by atoms with E-state index in [2.05, 4.69) is 27.1 Å². The van der Waals surface area contributed by atoms with Crippen LogP contribution in [0.4, 0.5) is 5.82 Å². The Hall–Kier alpha value is -0.870. The Morgan fingerprint density at radius 3 is 3.05 bits per heavy atom. The molecule has 0 amide bonds. The van der Waals surface area contributed by atoms with Crippen LogP contribution in [-0.2, 0) is 0 Å². The zero-order chi connectivity index (χ0) is 13.7. The molecule has 106 valence electrons. The minimum atomic E-state index is 0.530. The lowest BCUT2D eigenvalue weighted by Crippen LogP contribution is -2.38. The molecule has 2 heterocycles. The van der Waals surface area contributed by atoms with Crippen molar-refractivity contribution < 1.29 is 0 Å². The van der Waals surface area contributed by atoms with Crippen LogP contribution in [0.2, 0.25) is 5.15 Å². The molecule has 1 aromatic rings. The van der Waals surface area contributed by atoms with Crippen LogP contribution >= 0.6 is 11.6 Å². The molecule has 1 aliphatic rings. The van der Waals surface area contributed by atoms with Gasteiger partial charge in [0.25, 0.3) is 0 Å². The van der Waals surface area contributed by atoms with Gasteiger partial charge in [0.2, 0.25) is 0 Å². The van der Waals surface area contributed by atoms with Crippen LogP contribution in [0.25, 0.3) is 0 Å². The van der Waals surface area contributed by atoms with Crippen LogP contribution in [0.1, 0.15) is 38.2 Å². The van der Waals surface area contributed by atoms with Crippen LogP contribution in [-0.4, -0.2) is 40.5 Å². The molecule has 0 aromatic carbocycles. The first-order valence-electron chi connectivity index (χ1n) is 7.13. The van der Waals surface area contributed by atoms with Crippen molar-refractivity contribution in [3.05, 3.63) is 17.0 Å². The first kappa shape index (κ1) is 14.5. The molecule has 19 heavy (non-hydrogen) atoms. The van der Waals surface area contributed by atoms with E-state index in [1.54, 1.807) is 0 Å². The number of halogens is 1. The highest BCUT2D eigenvalue weighted by Gasteiger charge is 2.17. The fourth-order valence-electron chi connectivity index (χ4n) is 2.59. The Kier molecular flexibility index (Phi) is 5.40. The molecule has 1 aliphatic heterocycles. The zero-order valence-electron chi connectivity index (χ0n) is 11.8. The first-order chi connectivity index (χ1) is 9.18. The summed E-state index contributed by atoms with van der Waals surface area (Å²) in [7, 11) is 0. The summed E-state index contributed by atoms with van der Waals surface area (Å²) in [4.78, 5) is 10.8. The van der Waals surface area contributed by atoms with E-state index in [9.17, 15) is 0 Å². The van der Waals surface area contributed by atoms with Gasteiger partial charge in [-0.05, 0) is 39.7 Å². The lowest BCUT2D eigenvalue weighted by Gasteiger charge is -2.33. The number of piperidine rings is 1. The Bertz CT molecular complexity index is 410. The standard InChI is InChI=1S/C14H23ClN4/c1-11-6-3-4-8-19(11)9-5-7-16-14-12(2)13(15)17-10-18-14/h10-11H,3-9H2,1-2H3,(H,16,17,18). The minimum absolute atomic E-state index is 0.530. The van der Waals surface area contributed by atoms with Gasteiger partial charge in [0, 0.05) is 24.7 Å². The number of anilines is 1. The zero-order valence-corrected chi connectivity index (χ0v) is 12.6. The molecule has 0 radical (unpaired) electrons. The van der Waals surface area contributed by atoms with Crippen LogP contribution in [0, 0.1) is 6.92 Å². The molecule has 1 N–H and O–H groups in total. The maximum Gasteiger partial charge on any atom is 0.137 e. The van der Waals surface area contributed by atoms with Crippen molar-refractivity contribution in [2.45, 2.75) is 45.6 Å². The predicted molar refractivity (Wildman–Crippen MR) is 79.8 cm³/mol. The van der Waals surface area contributed by atoms with Crippen molar-refractivity contribution in [2.75, 3.05) is 25.0 Å². The maximum atomic E-state index is 5.97. The summed E-state index contributed by atoms with van der Waals surface area (Å²) in [6.07, 6.45) is 6.71. The second kappa shape index (κ2) is 7.06. The predicted octanol–water partition coefficient (Wildman–Crippen LogP) is 3.11. The first-order valence-corrected chi connectivity index (χ1v) is 7.51. The van der Waals surface area contributed by atoms with Gasteiger partial charge in [-0.3, -0.25) is 0 Å². The summed E-state index contributed by atoms with van der Waals surface area (Å²) in [5.41, 5.74) is 0.926. The highest BCUT2D eigenvalue weighted by molar-refractivity contribution is 6.30. The second-order valence-corrected chi connectivity index (χ2v) is 5.66. The van der Waals surface area contributed by atoms with E-state index in [0.29, 0.717) is 5.15 Å². The molecular formula is C14H23ClN4. The monoisotopic (exact) mass is 282 g/mol. The summed E-state index contributed by atoms with van der Waals surface area (Å²) in [5, 5.41) is 3.88. The SMILES string of the molecule is Cc1c(Cl)ncnc1NCCCN1CCCCC1C. The Morgan fingerprint density at radius 1 is 1.42 bits per heavy atom. The van der Waals surface area contributed by atoms with Crippen molar-refractivity contribution in [2.24, 2.45) is 0 Å². The number of nitrogens with one attached hydrogen (secondary N) is 1. The van der Waals surface area contributed by atoms with Crippen LogP contribution in [0.5, 0.6) is 0 Å². The molecule has 1 saturated heterocycles. The average molecular weight is 283 g/mol. The molecule has 1 aromatic heterocycles. The van der Waals surface area contributed by atoms with Crippen molar-refractivity contribution in [3.63, 3.8) is 0 Å². The fraction of sp³-hybridized carbons (Fsp3) is 0.714. The largest absolute Gasteiger partial charge is 0.370 e. The van der Waals surface area contributed by atoms with Gasteiger partial charge in [-0.1, -0.05) is 18.0 Å². The average Bonchev–Trinajstić information content (AvgIpc) is 2.41. The van der Waals surface area contributed by atoms with Crippen LogP contribution in [0.3, 0.4) is 0 Å². The number of aromatic nitrogens is 2. The van der Waals surface area contributed by atoms with Gasteiger partial charge >= 0.3 is 0 Å². The molecular weight excluding hydrogens is 260 g/mol. The van der Waals surface area contributed by atoms with E-state index in [4.69, 9.17) is 11.6 Å². The highest BCUT2D eigenvalue weighted by Crippen LogP contribution is 2.18. The highest BCUT2D eigenvalue weighted by atomic mass is 35.5. The minimum Gasteiger partial charge on any atom is -0.370 e. The lowest BCUT2D eigenvalue weighted by molar-refractivity contribution is 0.160. The van der Waals surface area contributed by atoms with Crippen LogP contribution in [0.15, 0.2) is 6.33 Å². The molecule has 1 atom stereocenters. The van der Waals surface area contributed by atoms with Gasteiger partial charge in [0.15, 0.2) is 0 Å². The molecule has 1 fully saturated rings. The summed E-state index contributed by atoms with van der Waals surface area (Å²) >= 11 is 5.97. The Morgan fingerprint density at radius 2 is 2.26 bits per heavy atom. The summed E-state index contributed by atoms with van der Waals surface area (Å²) in [5.74, 6) is 0.853. The van der Waals surface area contributed by atoms with E-state index in [1.807, 2.05) is 6.92 Å². The summed E-state index contributed by atoms with van der Waals surface area (Å²) in [6.45, 7) is 7.61. The molecule has 0 aliphatic carbocycles.